The first kappa shape index (κ1) is 16.5. The summed E-state index contributed by atoms with van der Waals surface area (Å²) in [6.07, 6.45) is 0.769. The van der Waals surface area contributed by atoms with Crippen molar-refractivity contribution in [1.82, 2.24) is 0 Å². The molecule has 2 amide bonds. The van der Waals surface area contributed by atoms with Crippen molar-refractivity contribution in [3.8, 4) is 0 Å². The summed E-state index contributed by atoms with van der Waals surface area (Å²) in [5.41, 5.74) is 1.29. The normalized spacial score (nSPS) is 19.6. The Balaban J connectivity index is 2.26. The van der Waals surface area contributed by atoms with Crippen molar-refractivity contribution < 1.29 is 18.0 Å². The number of benzene rings is 1. The van der Waals surface area contributed by atoms with Crippen molar-refractivity contribution in [3.63, 3.8) is 0 Å². The minimum atomic E-state index is -3.07. The van der Waals surface area contributed by atoms with Crippen LogP contribution in [-0.2, 0) is 19.4 Å². The zero-order chi connectivity index (χ0) is 16.3. The molecule has 6 nitrogen and oxygen atoms in total. The lowest BCUT2D eigenvalue weighted by atomic mass is 10.1. The van der Waals surface area contributed by atoms with Crippen LogP contribution in [0.15, 0.2) is 24.3 Å². The highest BCUT2D eigenvalue weighted by Crippen LogP contribution is 2.26. The first-order valence-electron chi connectivity index (χ1n) is 7.22. The summed E-state index contributed by atoms with van der Waals surface area (Å²) < 4.78 is 23.4. The van der Waals surface area contributed by atoms with Crippen molar-refractivity contribution in [2.75, 3.05) is 21.7 Å². The second kappa shape index (κ2) is 6.48. The van der Waals surface area contributed by atoms with Gasteiger partial charge >= 0.3 is 0 Å². The van der Waals surface area contributed by atoms with E-state index in [1.807, 2.05) is 0 Å². The van der Waals surface area contributed by atoms with Gasteiger partial charge in [-0.3, -0.25) is 9.59 Å². The molecule has 1 fully saturated rings. The Hall–Kier alpha value is -1.89. The van der Waals surface area contributed by atoms with Gasteiger partial charge in [0, 0.05) is 24.7 Å². The number of carbonyl (C=O) groups is 2. The SMILES string of the molecule is CCC(=O)N(c1ccc(NC(C)=O)cc1)C1CCS(=O)(=O)C1. The number of sulfone groups is 1. The van der Waals surface area contributed by atoms with Gasteiger partial charge in [0.25, 0.3) is 0 Å². The molecule has 0 spiro atoms. The number of nitrogens with one attached hydrogen (secondary N) is 1. The van der Waals surface area contributed by atoms with Crippen LogP contribution in [0, 0.1) is 0 Å². The van der Waals surface area contributed by atoms with E-state index in [1.165, 1.54) is 6.92 Å². The Labute approximate surface area is 130 Å². The second-order valence-corrected chi connectivity index (χ2v) is 7.63. The van der Waals surface area contributed by atoms with Crippen molar-refractivity contribution in [1.29, 1.82) is 0 Å². The van der Waals surface area contributed by atoms with Gasteiger partial charge < -0.3 is 10.2 Å². The fourth-order valence-corrected chi connectivity index (χ4v) is 4.32. The Morgan fingerprint density at radius 2 is 1.91 bits per heavy atom. The highest BCUT2D eigenvalue weighted by atomic mass is 32.2. The third-order valence-corrected chi connectivity index (χ3v) is 5.36. The van der Waals surface area contributed by atoms with E-state index in [1.54, 1.807) is 36.1 Å². The quantitative estimate of drug-likeness (QED) is 0.911. The first-order chi connectivity index (χ1) is 10.3. The summed E-state index contributed by atoms with van der Waals surface area (Å²) in [6.45, 7) is 3.18. The molecular formula is C15H20N2O4S. The lowest BCUT2D eigenvalue weighted by Crippen LogP contribution is -2.41. The van der Waals surface area contributed by atoms with Crippen LogP contribution in [0.2, 0.25) is 0 Å². The maximum Gasteiger partial charge on any atom is 0.226 e. The zero-order valence-corrected chi connectivity index (χ0v) is 13.5. The van der Waals surface area contributed by atoms with Gasteiger partial charge in [0.05, 0.1) is 17.5 Å². The van der Waals surface area contributed by atoms with E-state index in [2.05, 4.69) is 5.32 Å². The van der Waals surface area contributed by atoms with Gasteiger partial charge in [0.1, 0.15) is 0 Å². The summed E-state index contributed by atoms with van der Waals surface area (Å²) in [6, 6.07) is 6.55. The van der Waals surface area contributed by atoms with E-state index < -0.39 is 9.84 Å². The van der Waals surface area contributed by atoms with E-state index in [0.29, 0.717) is 24.2 Å². The average Bonchev–Trinajstić information content (AvgIpc) is 2.80. The average molecular weight is 324 g/mol. The Morgan fingerprint density at radius 3 is 2.36 bits per heavy atom. The first-order valence-corrected chi connectivity index (χ1v) is 9.04. The van der Waals surface area contributed by atoms with Crippen molar-refractivity contribution in [3.05, 3.63) is 24.3 Å². The van der Waals surface area contributed by atoms with E-state index in [4.69, 9.17) is 0 Å². The number of carbonyl (C=O) groups excluding carboxylic acids is 2. The van der Waals surface area contributed by atoms with Crippen LogP contribution in [0.5, 0.6) is 0 Å². The van der Waals surface area contributed by atoms with Gasteiger partial charge in [0.2, 0.25) is 11.8 Å². The lowest BCUT2D eigenvalue weighted by molar-refractivity contribution is -0.118. The fourth-order valence-electron chi connectivity index (χ4n) is 2.62. The number of anilines is 2. The molecule has 2 rings (SSSR count). The molecule has 1 aliphatic rings. The third-order valence-electron chi connectivity index (χ3n) is 3.61. The molecule has 1 saturated heterocycles. The van der Waals surface area contributed by atoms with Gasteiger partial charge in [-0.25, -0.2) is 8.42 Å². The van der Waals surface area contributed by atoms with Crippen LogP contribution in [0.1, 0.15) is 26.7 Å². The van der Waals surface area contributed by atoms with Gasteiger partial charge in [-0.1, -0.05) is 6.92 Å². The Morgan fingerprint density at radius 1 is 1.27 bits per heavy atom. The lowest BCUT2D eigenvalue weighted by Gasteiger charge is -2.28. The molecule has 1 aliphatic heterocycles. The molecule has 0 radical (unpaired) electrons. The highest BCUT2D eigenvalue weighted by molar-refractivity contribution is 7.91. The van der Waals surface area contributed by atoms with E-state index >= 15 is 0 Å². The number of amides is 2. The number of nitrogens with zero attached hydrogens (tertiary/aromatic N) is 1. The highest BCUT2D eigenvalue weighted by Gasteiger charge is 2.34. The smallest absolute Gasteiger partial charge is 0.226 e. The Kier molecular flexibility index (Phi) is 4.85. The summed E-state index contributed by atoms with van der Waals surface area (Å²) in [7, 11) is -3.07. The van der Waals surface area contributed by atoms with Crippen LogP contribution in [0.4, 0.5) is 11.4 Å². The van der Waals surface area contributed by atoms with Crippen LogP contribution >= 0.6 is 0 Å². The molecule has 22 heavy (non-hydrogen) atoms. The number of hydrogen-bond acceptors (Lipinski definition) is 4. The molecule has 120 valence electrons. The second-order valence-electron chi connectivity index (χ2n) is 5.40. The monoisotopic (exact) mass is 324 g/mol. The molecule has 1 atom stereocenters. The fraction of sp³-hybridized carbons (Fsp3) is 0.467. The number of hydrogen-bond donors (Lipinski definition) is 1. The minimum absolute atomic E-state index is 0.00614. The maximum atomic E-state index is 12.2. The Bertz CT molecular complexity index is 667. The zero-order valence-electron chi connectivity index (χ0n) is 12.7. The molecule has 0 bridgehead atoms. The molecule has 1 aromatic rings. The largest absolute Gasteiger partial charge is 0.326 e. The predicted octanol–water partition coefficient (Wildman–Crippen LogP) is 1.58. The molecule has 0 aliphatic carbocycles. The predicted molar refractivity (Wildman–Crippen MR) is 85.6 cm³/mol. The van der Waals surface area contributed by atoms with Gasteiger partial charge in [0.15, 0.2) is 9.84 Å². The van der Waals surface area contributed by atoms with Crippen LogP contribution in [0.3, 0.4) is 0 Å². The van der Waals surface area contributed by atoms with Crippen LogP contribution < -0.4 is 10.2 Å². The van der Waals surface area contributed by atoms with E-state index in [-0.39, 0.29) is 29.4 Å². The molecule has 1 aromatic carbocycles. The molecular weight excluding hydrogens is 304 g/mol. The van der Waals surface area contributed by atoms with Gasteiger partial charge in [-0.2, -0.15) is 0 Å². The van der Waals surface area contributed by atoms with Crippen LogP contribution in [-0.4, -0.2) is 37.8 Å². The molecule has 0 aromatic heterocycles. The van der Waals surface area contributed by atoms with Crippen molar-refractivity contribution in [2.45, 2.75) is 32.7 Å². The van der Waals surface area contributed by atoms with Crippen molar-refractivity contribution in [2.24, 2.45) is 0 Å². The summed E-state index contributed by atoms with van der Waals surface area (Å²) in [5, 5.41) is 2.66. The van der Waals surface area contributed by atoms with E-state index in [0.717, 1.165) is 0 Å². The van der Waals surface area contributed by atoms with E-state index in [9.17, 15) is 18.0 Å². The topological polar surface area (TPSA) is 83.6 Å². The number of rotatable bonds is 4. The van der Waals surface area contributed by atoms with Gasteiger partial charge in [-0.15, -0.1) is 0 Å². The van der Waals surface area contributed by atoms with Crippen molar-refractivity contribution >= 4 is 33.0 Å². The van der Waals surface area contributed by atoms with Crippen LogP contribution in [0.25, 0.3) is 0 Å². The molecule has 7 heteroatoms. The summed E-state index contributed by atoms with van der Waals surface area (Å²) in [5.74, 6) is -0.146. The summed E-state index contributed by atoms with van der Waals surface area (Å²) in [4.78, 5) is 24.8. The molecule has 1 heterocycles. The third kappa shape index (κ3) is 3.85. The maximum absolute atomic E-state index is 12.2. The van der Waals surface area contributed by atoms with Gasteiger partial charge in [-0.05, 0) is 30.7 Å². The molecule has 1 N–H and O–H groups in total. The molecule has 0 saturated carbocycles. The minimum Gasteiger partial charge on any atom is -0.326 e. The standard InChI is InChI=1S/C15H20N2O4S/c1-3-15(19)17(14-8-9-22(20,21)10-14)13-6-4-12(5-7-13)16-11(2)18/h4-7,14H,3,8-10H2,1-2H3,(H,16,18). The summed E-state index contributed by atoms with van der Waals surface area (Å²) >= 11 is 0. The molecule has 1 unspecified atom stereocenters.